The summed E-state index contributed by atoms with van der Waals surface area (Å²) in [6.07, 6.45) is 3.39. The second kappa shape index (κ2) is 4.72. The predicted octanol–water partition coefficient (Wildman–Crippen LogP) is 3.31. The SMILES string of the molecule is Nc1cnccc1SCc1ccc(Br)o1. The van der Waals surface area contributed by atoms with Gasteiger partial charge in [0.15, 0.2) is 4.67 Å². The Hall–Kier alpha value is -0.940. The molecule has 0 saturated carbocycles. The third-order valence-electron chi connectivity index (χ3n) is 1.81. The topological polar surface area (TPSA) is 52.0 Å². The van der Waals surface area contributed by atoms with Gasteiger partial charge >= 0.3 is 0 Å². The standard InChI is InChI=1S/C10H9BrN2OS/c11-10-2-1-7(14-10)6-15-9-3-4-13-5-8(9)12/h1-5H,6,12H2. The van der Waals surface area contributed by atoms with E-state index in [2.05, 4.69) is 20.9 Å². The van der Waals surface area contributed by atoms with Crippen molar-refractivity contribution in [1.29, 1.82) is 0 Å². The number of thioether (sulfide) groups is 1. The highest BCUT2D eigenvalue weighted by molar-refractivity contribution is 9.10. The molecule has 0 spiro atoms. The van der Waals surface area contributed by atoms with E-state index in [1.54, 1.807) is 24.2 Å². The van der Waals surface area contributed by atoms with Crippen LogP contribution in [0.1, 0.15) is 5.76 Å². The molecule has 0 bridgehead atoms. The Bertz CT molecular complexity index is 458. The Balaban J connectivity index is 2.02. The smallest absolute Gasteiger partial charge is 0.169 e. The van der Waals surface area contributed by atoms with Crippen molar-refractivity contribution < 1.29 is 4.42 Å². The quantitative estimate of drug-likeness (QED) is 0.879. The first-order chi connectivity index (χ1) is 7.25. The fourth-order valence-electron chi connectivity index (χ4n) is 1.10. The Morgan fingerprint density at radius 1 is 1.40 bits per heavy atom. The third-order valence-corrected chi connectivity index (χ3v) is 3.35. The summed E-state index contributed by atoms with van der Waals surface area (Å²) in [7, 11) is 0. The zero-order chi connectivity index (χ0) is 10.7. The van der Waals surface area contributed by atoms with Crippen LogP contribution < -0.4 is 5.73 Å². The predicted molar refractivity (Wildman–Crippen MR) is 64.6 cm³/mol. The molecule has 0 radical (unpaired) electrons. The summed E-state index contributed by atoms with van der Waals surface area (Å²) in [5.41, 5.74) is 6.47. The van der Waals surface area contributed by atoms with Crippen molar-refractivity contribution >= 4 is 33.4 Å². The minimum Gasteiger partial charge on any atom is -0.453 e. The minimum atomic E-state index is 0.702. The highest BCUT2D eigenvalue weighted by Crippen LogP contribution is 2.28. The number of hydrogen-bond acceptors (Lipinski definition) is 4. The lowest BCUT2D eigenvalue weighted by Gasteiger charge is -2.02. The first-order valence-electron chi connectivity index (χ1n) is 4.32. The van der Waals surface area contributed by atoms with Crippen LogP contribution >= 0.6 is 27.7 Å². The van der Waals surface area contributed by atoms with Crippen LogP contribution in [0.2, 0.25) is 0 Å². The molecule has 3 nitrogen and oxygen atoms in total. The van der Waals surface area contributed by atoms with Gasteiger partial charge < -0.3 is 10.2 Å². The van der Waals surface area contributed by atoms with Crippen molar-refractivity contribution in [1.82, 2.24) is 4.98 Å². The number of hydrogen-bond donors (Lipinski definition) is 1. The summed E-state index contributed by atoms with van der Waals surface area (Å²) in [6.45, 7) is 0. The second-order valence-corrected chi connectivity index (χ2v) is 4.71. The Kier molecular flexibility index (Phi) is 3.33. The van der Waals surface area contributed by atoms with Crippen molar-refractivity contribution in [3.05, 3.63) is 41.0 Å². The van der Waals surface area contributed by atoms with Crippen molar-refractivity contribution in [3.63, 3.8) is 0 Å². The van der Waals surface area contributed by atoms with E-state index in [0.29, 0.717) is 5.69 Å². The highest BCUT2D eigenvalue weighted by atomic mass is 79.9. The van der Waals surface area contributed by atoms with Gasteiger partial charge in [0, 0.05) is 11.1 Å². The summed E-state index contributed by atoms with van der Waals surface area (Å²) in [4.78, 5) is 4.96. The van der Waals surface area contributed by atoms with Crippen LogP contribution in [0, 0.1) is 0 Å². The fourth-order valence-corrected chi connectivity index (χ4v) is 2.27. The van der Waals surface area contributed by atoms with Gasteiger partial charge in [-0.3, -0.25) is 4.98 Å². The summed E-state index contributed by atoms with van der Waals surface area (Å²) < 4.78 is 6.14. The molecule has 0 aliphatic carbocycles. The van der Waals surface area contributed by atoms with Gasteiger partial charge in [0.05, 0.1) is 17.6 Å². The highest BCUT2D eigenvalue weighted by Gasteiger charge is 2.03. The molecule has 0 amide bonds. The Morgan fingerprint density at radius 3 is 2.93 bits per heavy atom. The van der Waals surface area contributed by atoms with E-state index < -0.39 is 0 Å². The van der Waals surface area contributed by atoms with Gasteiger partial charge in [-0.1, -0.05) is 0 Å². The molecule has 0 aliphatic heterocycles. The van der Waals surface area contributed by atoms with E-state index in [0.717, 1.165) is 21.1 Å². The van der Waals surface area contributed by atoms with Gasteiger partial charge in [0.2, 0.25) is 0 Å². The van der Waals surface area contributed by atoms with Crippen molar-refractivity contribution in [3.8, 4) is 0 Å². The van der Waals surface area contributed by atoms with Crippen LogP contribution in [0.15, 0.2) is 44.6 Å². The van der Waals surface area contributed by atoms with E-state index >= 15 is 0 Å². The first kappa shape index (κ1) is 10.6. The lowest BCUT2D eigenvalue weighted by atomic mass is 10.4. The van der Waals surface area contributed by atoms with Crippen LogP contribution in [0.5, 0.6) is 0 Å². The van der Waals surface area contributed by atoms with Crippen LogP contribution in [-0.4, -0.2) is 4.98 Å². The van der Waals surface area contributed by atoms with Gasteiger partial charge in [-0.25, -0.2) is 0 Å². The van der Waals surface area contributed by atoms with E-state index in [-0.39, 0.29) is 0 Å². The molecular weight excluding hydrogens is 276 g/mol. The average molecular weight is 285 g/mol. The summed E-state index contributed by atoms with van der Waals surface area (Å²) in [6, 6.07) is 5.72. The van der Waals surface area contributed by atoms with Crippen LogP contribution in [0.25, 0.3) is 0 Å². The van der Waals surface area contributed by atoms with Crippen molar-refractivity contribution in [2.24, 2.45) is 0 Å². The largest absolute Gasteiger partial charge is 0.453 e. The number of furan rings is 1. The van der Waals surface area contributed by atoms with E-state index in [1.165, 1.54) is 0 Å². The second-order valence-electron chi connectivity index (χ2n) is 2.91. The van der Waals surface area contributed by atoms with Crippen LogP contribution in [0.4, 0.5) is 5.69 Å². The number of nitrogen functional groups attached to an aromatic ring is 1. The molecule has 78 valence electrons. The average Bonchev–Trinajstić information content (AvgIpc) is 2.63. The molecule has 0 unspecified atom stereocenters. The van der Waals surface area contributed by atoms with Gasteiger partial charge in [0.1, 0.15) is 5.76 Å². The number of anilines is 1. The number of rotatable bonds is 3. The monoisotopic (exact) mass is 284 g/mol. The normalized spacial score (nSPS) is 10.5. The lowest BCUT2D eigenvalue weighted by molar-refractivity contribution is 0.507. The fraction of sp³-hybridized carbons (Fsp3) is 0.100. The Morgan fingerprint density at radius 2 is 2.27 bits per heavy atom. The van der Waals surface area contributed by atoms with Gasteiger partial charge in [-0.05, 0) is 34.1 Å². The molecular formula is C10H9BrN2OS. The molecule has 2 heterocycles. The van der Waals surface area contributed by atoms with Crippen LogP contribution in [-0.2, 0) is 5.75 Å². The molecule has 0 saturated heterocycles. The van der Waals surface area contributed by atoms with Gasteiger partial charge in [-0.15, -0.1) is 11.8 Å². The maximum absolute atomic E-state index is 5.77. The zero-order valence-electron chi connectivity index (χ0n) is 7.81. The van der Waals surface area contributed by atoms with Gasteiger partial charge in [0.25, 0.3) is 0 Å². The summed E-state index contributed by atoms with van der Waals surface area (Å²) >= 11 is 4.90. The third kappa shape index (κ3) is 2.76. The number of nitrogens with zero attached hydrogens (tertiary/aromatic N) is 1. The molecule has 2 N–H and O–H groups in total. The molecule has 0 fully saturated rings. The first-order valence-corrected chi connectivity index (χ1v) is 6.10. The molecule has 15 heavy (non-hydrogen) atoms. The maximum atomic E-state index is 5.77. The molecule has 2 rings (SSSR count). The molecule has 2 aromatic rings. The van der Waals surface area contributed by atoms with E-state index in [1.807, 2.05) is 18.2 Å². The number of pyridine rings is 1. The van der Waals surface area contributed by atoms with E-state index in [4.69, 9.17) is 10.2 Å². The number of aromatic nitrogens is 1. The molecule has 2 aromatic heterocycles. The van der Waals surface area contributed by atoms with Crippen molar-refractivity contribution in [2.45, 2.75) is 10.6 Å². The van der Waals surface area contributed by atoms with E-state index in [9.17, 15) is 0 Å². The van der Waals surface area contributed by atoms with Crippen LogP contribution in [0.3, 0.4) is 0 Å². The zero-order valence-corrected chi connectivity index (χ0v) is 10.2. The molecule has 0 atom stereocenters. The number of halogens is 1. The summed E-state index contributed by atoms with van der Waals surface area (Å²) in [5, 5.41) is 0. The molecule has 0 aromatic carbocycles. The number of nitrogens with two attached hydrogens (primary N) is 1. The minimum absolute atomic E-state index is 0.702. The molecule has 5 heteroatoms. The van der Waals surface area contributed by atoms with Gasteiger partial charge in [-0.2, -0.15) is 0 Å². The maximum Gasteiger partial charge on any atom is 0.169 e. The van der Waals surface area contributed by atoms with Crippen molar-refractivity contribution in [2.75, 3.05) is 5.73 Å². The molecule has 0 aliphatic rings. The Labute approximate surface area is 100 Å². The lowest BCUT2D eigenvalue weighted by Crippen LogP contribution is -1.89. The summed E-state index contributed by atoms with van der Waals surface area (Å²) in [5.74, 6) is 1.68.